The van der Waals surface area contributed by atoms with Crippen LogP contribution in [0.5, 0.6) is 0 Å². The largest absolute Gasteiger partial charge is 0.468 e. The number of Topliss-reactive ketones (excluding diaryl/α,β-unsaturated/α-hetero) is 1. The first-order valence-electron chi connectivity index (χ1n) is 10.9. The molecule has 3 atom stereocenters. The van der Waals surface area contributed by atoms with Crippen molar-refractivity contribution in [1.29, 1.82) is 0 Å². The fourth-order valence-corrected chi connectivity index (χ4v) is 4.36. The normalized spacial score (nSPS) is 23.0. The molecule has 8 nitrogen and oxygen atoms in total. The summed E-state index contributed by atoms with van der Waals surface area (Å²) in [5.74, 6) is -2.32. The Labute approximate surface area is 188 Å². The van der Waals surface area contributed by atoms with E-state index in [1.54, 1.807) is 26.0 Å². The zero-order valence-electron chi connectivity index (χ0n) is 19.3. The second kappa shape index (κ2) is 10.2. The summed E-state index contributed by atoms with van der Waals surface area (Å²) in [6.45, 7) is 8.39. The molecular weight excluding hydrogens is 414 g/mol. The van der Waals surface area contributed by atoms with Gasteiger partial charge in [-0.25, -0.2) is 4.79 Å². The fourth-order valence-electron chi connectivity index (χ4n) is 4.36. The van der Waals surface area contributed by atoms with E-state index in [1.807, 2.05) is 13.8 Å². The summed E-state index contributed by atoms with van der Waals surface area (Å²) in [5, 5.41) is 3.22. The highest BCUT2D eigenvalue weighted by Gasteiger charge is 2.48. The standard InChI is InChI=1S/C24H31NO7/c1-6-9-30-10-11-31-24(28)19-15(4)25-16-12-13(2)18(23(27)29-5)22(26)20(16)21(19)17-8-7-14(3)32-17/h7-8,13,18,21,25H,6,9-12H2,1-5H3. The Morgan fingerprint density at radius 1 is 1.19 bits per heavy atom. The molecule has 1 aliphatic carbocycles. The average Bonchev–Trinajstić information content (AvgIpc) is 3.18. The SMILES string of the molecule is CCCOCCOC(=O)C1=C(C)NC2=C(C(=O)C(C(=O)OC)C(C)C2)C1c1ccc(C)o1. The number of ketones is 1. The van der Waals surface area contributed by atoms with Gasteiger partial charge < -0.3 is 23.9 Å². The number of hydrogen-bond donors (Lipinski definition) is 1. The van der Waals surface area contributed by atoms with Crippen LogP contribution in [-0.2, 0) is 28.6 Å². The Balaban J connectivity index is 1.98. The lowest BCUT2D eigenvalue weighted by Crippen LogP contribution is -2.43. The lowest BCUT2D eigenvalue weighted by molar-refractivity contribution is -0.151. The van der Waals surface area contributed by atoms with Crippen LogP contribution in [0.15, 0.2) is 39.1 Å². The van der Waals surface area contributed by atoms with Crippen LogP contribution in [0.3, 0.4) is 0 Å². The predicted octanol–water partition coefficient (Wildman–Crippen LogP) is 3.17. The Kier molecular flexibility index (Phi) is 7.56. The van der Waals surface area contributed by atoms with Crippen LogP contribution in [0.2, 0.25) is 0 Å². The minimum atomic E-state index is -0.933. The van der Waals surface area contributed by atoms with Gasteiger partial charge in [0.25, 0.3) is 0 Å². The highest BCUT2D eigenvalue weighted by atomic mass is 16.6. The van der Waals surface area contributed by atoms with E-state index in [0.29, 0.717) is 53.7 Å². The van der Waals surface area contributed by atoms with Crippen LogP contribution in [0.1, 0.15) is 51.1 Å². The monoisotopic (exact) mass is 445 g/mol. The predicted molar refractivity (Wildman–Crippen MR) is 115 cm³/mol. The topological polar surface area (TPSA) is 104 Å². The van der Waals surface area contributed by atoms with Crippen molar-refractivity contribution in [1.82, 2.24) is 5.32 Å². The van der Waals surface area contributed by atoms with Crippen LogP contribution in [0, 0.1) is 18.8 Å². The number of carbonyl (C=O) groups is 3. The summed E-state index contributed by atoms with van der Waals surface area (Å²) in [5.41, 5.74) is 1.94. The van der Waals surface area contributed by atoms with Crippen LogP contribution in [0.25, 0.3) is 0 Å². The second-order valence-electron chi connectivity index (χ2n) is 8.23. The number of esters is 2. The van der Waals surface area contributed by atoms with E-state index >= 15 is 0 Å². The van der Waals surface area contributed by atoms with Crippen LogP contribution in [-0.4, -0.2) is 44.7 Å². The minimum Gasteiger partial charge on any atom is -0.468 e. The van der Waals surface area contributed by atoms with E-state index in [1.165, 1.54) is 7.11 Å². The van der Waals surface area contributed by atoms with Gasteiger partial charge in [0.15, 0.2) is 5.78 Å². The molecule has 174 valence electrons. The van der Waals surface area contributed by atoms with E-state index in [4.69, 9.17) is 18.6 Å². The first kappa shape index (κ1) is 23.8. The van der Waals surface area contributed by atoms with Crippen LogP contribution in [0.4, 0.5) is 0 Å². The van der Waals surface area contributed by atoms with Gasteiger partial charge in [0, 0.05) is 23.6 Å². The van der Waals surface area contributed by atoms with Crippen LogP contribution < -0.4 is 5.32 Å². The van der Waals surface area contributed by atoms with Crippen molar-refractivity contribution in [3.05, 3.63) is 46.2 Å². The molecule has 8 heteroatoms. The number of nitrogens with one attached hydrogen (secondary N) is 1. The van der Waals surface area contributed by atoms with Crippen molar-refractivity contribution in [2.75, 3.05) is 26.9 Å². The highest BCUT2D eigenvalue weighted by molar-refractivity contribution is 6.12. The lowest BCUT2D eigenvalue weighted by Gasteiger charge is -2.37. The van der Waals surface area contributed by atoms with Gasteiger partial charge in [-0.05, 0) is 44.7 Å². The van der Waals surface area contributed by atoms with Crippen molar-refractivity contribution in [2.45, 2.75) is 46.5 Å². The summed E-state index contributed by atoms with van der Waals surface area (Å²) >= 11 is 0. The summed E-state index contributed by atoms with van der Waals surface area (Å²) in [6, 6.07) is 3.53. The summed E-state index contributed by atoms with van der Waals surface area (Å²) in [7, 11) is 1.27. The van der Waals surface area contributed by atoms with E-state index < -0.39 is 23.8 Å². The van der Waals surface area contributed by atoms with Crippen molar-refractivity contribution in [2.24, 2.45) is 11.8 Å². The number of carbonyl (C=O) groups excluding carboxylic acids is 3. The number of rotatable bonds is 8. The first-order chi connectivity index (χ1) is 15.3. The minimum absolute atomic E-state index is 0.0984. The molecule has 1 aromatic rings. The molecule has 32 heavy (non-hydrogen) atoms. The van der Waals surface area contributed by atoms with E-state index in [-0.39, 0.29) is 18.3 Å². The third-order valence-electron chi connectivity index (χ3n) is 5.82. The molecule has 2 heterocycles. The summed E-state index contributed by atoms with van der Waals surface area (Å²) in [6.07, 6.45) is 1.35. The number of dihydropyridines is 1. The smallest absolute Gasteiger partial charge is 0.336 e. The second-order valence-corrected chi connectivity index (χ2v) is 8.23. The number of allylic oxidation sites excluding steroid dienone is 3. The van der Waals surface area contributed by atoms with E-state index in [2.05, 4.69) is 5.32 Å². The third-order valence-corrected chi connectivity index (χ3v) is 5.82. The highest BCUT2D eigenvalue weighted by Crippen LogP contribution is 2.45. The molecule has 0 saturated heterocycles. The maximum atomic E-state index is 13.5. The maximum Gasteiger partial charge on any atom is 0.336 e. The molecule has 1 aliphatic heterocycles. The van der Waals surface area contributed by atoms with Gasteiger partial charge in [-0.15, -0.1) is 0 Å². The Morgan fingerprint density at radius 2 is 1.94 bits per heavy atom. The molecule has 0 spiro atoms. The zero-order chi connectivity index (χ0) is 23.4. The molecule has 0 bridgehead atoms. The maximum absolute atomic E-state index is 13.5. The van der Waals surface area contributed by atoms with Gasteiger partial charge in [-0.1, -0.05) is 13.8 Å². The third kappa shape index (κ3) is 4.65. The molecule has 0 aromatic carbocycles. The van der Waals surface area contributed by atoms with E-state index in [9.17, 15) is 14.4 Å². The number of aryl methyl sites for hydroxylation is 1. The van der Waals surface area contributed by atoms with Crippen molar-refractivity contribution in [3.8, 4) is 0 Å². The fraction of sp³-hybridized carbons (Fsp3) is 0.542. The van der Waals surface area contributed by atoms with Crippen LogP contribution >= 0.6 is 0 Å². The van der Waals surface area contributed by atoms with Crippen molar-refractivity contribution >= 4 is 17.7 Å². The first-order valence-corrected chi connectivity index (χ1v) is 10.9. The summed E-state index contributed by atoms with van der Waals surface area (Å²) < 4.78 is 21.6. The molecular formula is C24H31NO7. The van der Waals surface area contributed by atoms with Gasteiger partial charge in [-0.2, -0.15) is 0 Å². The molecule has 3 unspecified atom stereocenters. The van der Waals surface area contributed by atoms with Gasteiger partial charge in [0.2, 0.25) is 0 Å². The number of hydrogen-bond acceptors (Lipinski definition) is 8. The molecule has 0 amide bonds. The molecule has 0 radical (unpaired) electrons. The molecule has 1 aromatic heterocycles. The number of ether oxygens (including phenoxy) is 3. The Hall–Kier alpha value is -2.87. The van der Waals surface area contributed by atoms with Gasteiger partial charge in [0.1, 0.15) is 24.0 Å². The molecule has 0 saturated carbocycles. The lowest BCUT2D eigenvalue weighted by atomic mass is 9.70. The van der Waals surface area contributed by atoms with E-state index in [0.717, 1.165) is 6.42 Å². The van der Waals surface area contributed by atoms with Gasteiger partial charge in [0.05, 0.1) is 25.2 Å². The number of methoxy groups -OCH3 is 1. The summed E-state index contributed by atoms with van der Waals surface area (Å²) in [4.78, 5) is 39.0. The molecule has 0 fully saturated rings. The molecule has 3 rings (SSSR count). The average molecular weight is 446 g/mol. The van der Waals surface area contributed by atoms with Crippen molar-refractivity contribution < 1.29 is 33.0 Å². The molecule has 2 aliphatic rings. The van der Waals surface area contributed by atoms with Crippen molar-refractivity contribution in [3.63, 3.8) is 0 Å². The number of furan rings is 1. The quantitative estimate of drug-likeness (QED) is 0.370. The van der Waals surface area contributed by atoms with Gasteiger partial charge >= 0.3 is 11.9 Å². The Bertz CT molecular complexity index is 955. The Morgan fingerprint density at radius 3 is 2.56 bits per heavy atom. The zero-order valence-corrected chi connectivity index (χ0v) is 19.3. The van der Waals surface area contributed by atoms with Gasteiger partial charge in [-0.3, -0.25) is 9.59 Å². The molecule has 1 N–H and O–H groups in total.